The molecule has 1 amide bonds. The zero-order valence-electron chi connectivity index (χ0n) is 14.1. The molecule has 1 atom stereocenters. The number of aromatic nitrogens is 1. The fourth-order valence-corrected chi connectivity index (χ4v) is 4.87. The van der Waals surface area contributed by atoms with Crippen molar-refractivity contribution in [3.63, 3.8) is 0 Å². The Morgan fingerprint density at radius 3 is 2.60 bits per heavy atom. The number of para-hydroxylation sites is 1. The Bertz CT molecular complexity index is 661. The van der Waals surface area contributed by atoms with E-state index in [0.717, 1.165) is 57.4 Å². The minimum Gasteiger partial charge on any atom is -0.342 e. The van der Waals surface area contributed by atoms with Crippen LogP contribution in [-0.2, 0) is 4.79 Å². The van der Waals surface area contributed by atoms with Gasteiger partial charge in [-0.2, -0.15) is 0 Å². The van der Waals surface area contributed by atoms with Gasteiger partial charge in [0.2, 0.25) is 5.91 Å². The number of likely N-dealkylation sites (tertiary alicyclic amines) is 1. The predicted octanol–water partition coefficient (Wildman–Crippen LogP) is 3.85. The molecule has 0 spiro atoms. The van der Waals surface area contributed by atoms with E-state index < -0.39 is 0 Å². The van der Waals surface area contributed by atoms with Gasteiger partial charge in [-0.25, -0.2) is 4.98 Å². The highest BCUT2D eigenvalue weighted by molar-refractivity contribution is 7.18. The number of hydrogen-bond acceptors (Lipinski definition) is 4. The summed E-state index contributed by atoms with van der Waals surface area (Å²) in [4.78, 5) is 19.5. The maximum atomic E-state index is 12.6. The molecule has 0 aliphatic carbocycles. The Labute approximate surface area is 165 Å². The van der Waals surface area contributed by atoms with Crippen LogP contribution in [0, 0.1) is 5.92 Å². The van der Waals surface area contributed by atoms with Crippen LogP contribution in [0.25, 0.3) is 10.2 Å². The van der Waals surface area contributed by atoms with Crippen molar-refractivity contribution in [3.05, 3.63) is 29.3 Å². The largest absolute Gasteiger partial charge is 0.342 e. The standard InChI is InChI=1S/C18H23N3OS.2ClH/c22-18(14-4-3-9-19-12-14)21-10-7-13(8-11-21)17-20-15-5-1-2-6-16(15)23-17;;/h1-2,5-6,13-14,19H,3-4,7-12H2;2*1H. The van der Waals surface area contributed by atoms with Crippen molar-refractivity contribution in [2.24, 2.45) is 5.92 Å². The summed E-state index contributed by atoms with van der Waals surface area (Å²) in [5, 5.41) is 4.60. The predicted molar refractivity (Wildman–Crippen MR) is 108 cm³/mol. The Balaban J connectivity index is 0.00000113. The number of piperidine rings is 2. The lowest BCUT2D eigenvalue weighted by Crippen LogP contribution is -2.45. The lowest BCUT2D eigenvalue weighted by Gasteiger charge is -2.34. The fourth-order valence-electron chi connectivity index (χ4n) is 3.73. The number of fused-ring (bicyclic) bond motifs is 1. The maximum absolute atomic E-state index is 12.6. The summed E-state index contributed by atoms with van der Waals surface area (Å²) in [6, 6.07) is 8.35. The fraction of sp³-hybridized carbons (Fsp3) is 0.556. The summed E-state index contributed by atoms with van der Waals surface area (Å²) in [6.45, 7) is 3.69. The molecule has 1 aromatic heterocycles. The van der Waals surface area contributed by atoms with Gasteiger partial charge in [0.05, 0.1) is 21.1 Å². The van der Waals surface area contributed by atoms with Crippen LogP contribution in [-0.4, -0.2) is 42.0 Å². The second-order valence-corrected chi connectivity index (χ2v) is 7.72. The first-order valence-electron chi connectivity index (χ1n) is 8.66. The Morgan fingerprint density at radius 1 is 1.16 bits per heavy atom. The number of nitrogens with zero attached hydrogens (tertiary/aromatic N) is 2. The minimum absolute atomic E-state index is 0. The molecule has 2 aromatic rings. The molecule has 1 N–H and O–H groups in total. The molecular formula is C18H25Cl2N3OS. The number of thiazole rings is 1. The summed E-state index contributed by atoms with van der Waals surface area (Å²) in [5.41, 5.74) is 1.11. The quantitative estimate of drug-likeness (QED) is 0.830. The summed E-state index contributed by atoms with van der Waals surface area (Å²) in [6.07, 6.45) is 4.26. The molecule has 0 saturated carbocycles. The van der Waals surface area contributed by atoms with E-state index in [1.807, 2.05) is 17.4 Å². The number of halogens is 2. The lowest BCUT2D eigenvalue weighted by atomic mass is 9.94. The molecule has 4 rings (SSSR count). The van der Waals surface area contributed by atoms with Gasteiger partial charge in [-0.3, -0.25) is 4.79 Å². The molecule has 25 heavy (non-hydrogen) atoms. The summed E-state index contributed by atoms with van der Waals surface area (Å²) >= 11 is 1.82. The maximum Gasteiger partial charge on any atom is 0.226 e. The van der Waals surface area contributed by atoms with Crippen LogP contribution in [0.15, 0.2) is 24.3 Å². The van der Waals surface area contributed by atoms with Crippen LogP contribution >= 0.6 is 36.2 Å². The van der Waals surface area contributed by atoms with Crippen molar-refractivity contribution in [2.75, 3.05) is 26.2 Å². The molecule has 1 unspecified atom stereocenters. The van der Waals surface area contributed by atoms with Crippen molar-refractivity contribution in [1.29, 1.82) is 0 Å². The highest BCUT2D eigenvalue weighted by atomic mass is 35.5. The highest BCUT2D eigenvalue weighted by Gasteiger charge is 2.30. The van der Waals surface area contributed by atoms with Gasteiger partial charge in [0.1, 0.15) is 0 Å². The van der Waals surface area contributed by atoms with Crippen LogP contribution in [0.3, 0.4) is 0 Å². The Morgan fingerprint density at radius 2 is 1.92 bits per heavy atom. The van der Waals surface area contributed by atoms with Crippen LogP contribution in [0.1, 0.15) is 36.6 Å². The molecular weight excluding hydrogens is 377 g/mol. The normalized spacial score (nSPS) is 21.4. The number of benzene rings is 1. The van der Waals surface area contributed by atoms with E-state index in [9.17, 15) is 4.79 Å². The minimum atomic E-state index is 0. The number of carbonyl (C=O) groups is 1. The van der Waals surface area contributed by atoms with Gasteiger partial charge in [-0.15, -0.1) is 36.2 Å². The number of amides is 1. The molecule has 2 fully saturated rings. The second kappa shape index (κ2) is 9.17. The van der Waals surface area contributed by atoms with E-state index in [-0.39, 0.29) is 30.7 Å². The Kier molecular flexibility index (Phi) is 7.50. The average Bonchev–Trinajstić information content (AvgIpc) is 3.06. The second-order valence-electron chi connectivity index (χ2n) is 6.66. The molecule has 2 saturated heterocycles. The van der Waals surface area contributed by atoms with Crippen molar-refractivity contribution in [2.45, 2.75) is 31.6 Å². The zero-order valence-corrected chi connectivity index (χ0v) is 16.6. The number of hydrogen-bond donors (Lipinski definition) is 1. The van der Waals surface area contributed by atoms with E-state index in [1.54, 1.807) is 0 Å². The van der Waals surface area contributed by atoms with Gasteiger partial charge >= 0.3 is 0 Å². The third-order valence-electron chi connectivity index (χ3n) is 5.11. The van der Waals surface area contributed by atoms with Crippen LogP contribution in [0.4, 0.5) is 0 Å². The van der Waals surface area contributed by atoms with E-state index >= 15 is 0 Å². The number of nitrogens with one attached hydrogen (secondary N) is 1. The van der Waals surface area contributed by atoms with Gasteiger partial charge in [0, 0.05) is 25.6 Å². The van der Waals surface area contributed by atoms with Gasteiger partial charge in [0.25, 0.3) is 0 Å². The van der Waals surface area contributed by atoms with Gasteiger partial charge < -0.3 is 10.2 Å². The van der Waals surface area contributed by atoms with Crippen molar-refractivity contribution in [1.82, 2.24) is 15.2 Å². The first-order valence-corrected chi connectivity index (χ1v) is 9.48. The summed E-state index contributed by atoms with van der Waals surface area (Å²) < 4.78 is 1.27. The van der Waals surface area contributed by atoms with Crippen molar-refractivity contribution < 1.29 is 4.79 Å². The van der Waals surface area contributed by atoms with Gasteiger partial charge in [-0.05, 0) is 44.4 Å². The molecule has 4 nitrogen and oxygen atoms in total. The third kappa shape index (κ3) is 4.45. The number of carbonyl (C=O) groups excluding carboxylic acids is 1. The zero-order chi connectivity index (χ0) is 15.6. The Hall–Kier alpha value is -0.880. The number of rotatable bonds is 2. The van der Waals surface area contributed by atoms with E-state index in [0.29, 0.717) is 11.8 Å². The van der Waals surface area contributed by atoms with Crippen LogP contribution < -0.4 is 5.32 Å². The third-order valence-corrected chi connectivity index (χ3v) is 6.31. The van der Waals surface area contributed by atoms with Crippen molar-refractivity contribution >= 4 is 52.3 Å². The molecule has 138 valence electrons. The lowest BCUT2D eigenvalue weighted by molar-refractivity contribution is -0.137. The summed E-state index contributed by atoms with van der Waals surface area (Å²) in [5.74, 6) is 1.07. The monoisotopic (exact) mass is 401 g/mol. The van der Waals surface area contributed by atoms with Gasteiger partial charge in [-0.1, -0.05) is 12.1 Å². The molecule has 1 aromatic carbocycles. The van der Waals surface area contributed by atoms with Gasteiger partial charge in [0.15, 0.2) is 0 Å². The first kappa shape index (κ1) is 20.4. The highest BCUT2D eigenvalue weighted by Crippen LogP contribution is 2.34. The summed E-state index contributed by atoms with van der Waals surface area (Å²) in [7, 11) is 0. The molecule has 2 aliphatic heterocycles. The van der Waals surface area contributed by atoms with Crippen LogP contribution in [0.5, 0.6) is 0 Å². The smallest absolute Gasteiger partial charge is 0.226 e. The van der Waals surface area contributed by atoms with E-state index in [2.05, 4.69) is 28.4 Å². The van der Waals surface area contributed by atoms with E-state index in [4.69, 9.17) is 4.98 Å². The molecule has 3 heterocycles. The van der Waals surface area contributed by atoms with Crippen LogP contribution in [0.2, 0.25) is 0 Å². The SMILES string of the molecule is Cl.Cl.O=C(C1CCCNC1)N1CCC(c2nc3ccccc3s2)CC1. The molecule has 0 radical (unpaired) electrons. The molecule has 2 aliphatic rings. The first-order chi connectivity index (χ1) is 11.3. The molecule has 7 heteroatoms. The topological polar surface area (TPSA) is 45.2 Å². The van der Waals surface area contributed by atoms with Crippen molar-refractivity contribution in [3.8, 4) is 0 Å². The van der Waals surface area contributed by atoms with E-state index in [1.165, 1.54) is 9.71 Å². The molecule has 0 bridgehead atoms. The average molecular weight is 402 g/mol.